The molecule has 0 spiro atoms. The van der Waals surface area contributed by atoms with Gasteiger partial charge in [-0.15, -0.1) is 0 Å². The molecule has 0 heterocycles. The predicted molar refractivity (Wildman–Crippen MR) is 75.6 cm³/mol. The largest absolute Gasteiger partial charge is 0.396 e. The van der Waals surface area contributed by atoms with Crippen LogP contribution in [0, 0.1) is 5.41 Å². The lowest BCUT2D eigenvalue weighted by molar-refractivity contribution is 0.0290. The first-order valence-corrected chi connectivity index (χ1v) is 7.67. The second kappa shape index (κ2) is 8.13. The van der Waals surface area contributed by atoms with Gasteiger partial charge in [0.1, 0.15) is 0 Å². The summed E-state index contributed by atoms with van der Waals surface area (Å²) in [5, 5.41) is 19.0. The molecule has 108 valence electrons. The van der Waals surface area contributed by atoms with Crippen molar-refractivity contribution < 1.29 is 10.2 Å². The molecule has 1 aliphatic rings. The maximum Gasteiger partial charge on any atom is 0.0558 e. The van der Waals surface area contributed by atoms with Crippen LogP contribution in [0.3, 0.4) is 0 Å². The molecule has 18 heavy (non-hydrogen) atoms. The average molecular weight is 257 g/mol. The summed E-state index contributed by atoms with van der Waals surface area (Å²) in [6.45, 7) is 6.50. The van der Waals surface area contributed by atoms with Crippen LogP contribution in [0.15, 0.2) is 0 Å². The maximum atomic E-state index is 9.70. The highest BCUT2D eigenvalue weighted by molar-refractivity contribution is 4.84. The Hall–Kier alpha value is -0.120. The van der Waals surface area contributed by atoms with Crippen molar-refractivity contribution in [3.05, 3.63) is 0 Å². The number of hydrogen-bond donors (Lipinski definition) is 2. The van der Waals surface area contributed by atoms with Gasteiger partial charge in [-0.05, 0) is 25.7 Å². The van der Waals surface area contributed by atoms with E-state index >= 15 is 0 Å². The summed E-state index contributed by atoms with van der Waals surface area (Å²) in [5.74, 6) is 0. The van der Waals surface area contributed by atoms with Gasteiger partial charge in [-0.1, -0.05) is 33.1 Å². The molecular formula is C15H31NO2. The minimum atomic E-state index is 0.0205. The maximum absolute atomic E-state index is 9.70. The van der Waals surface area contributed by atoms with Crippen LogP contribution in [0.1, 0.15) is 58.8 Å². The van der Waals surface area contributed by atoms with Gasteiger partial charge in [-0.25, -0.2) is 0 Å². The minimum Gasteiger partial charge on any atom is -0.396 e. The average Bonchev–Trinajstić information content (AvgIpc) is 2.45. The van der Waals surface area contributed by atoms with E-state index in [4.69, 9.17) is 0 Å². The Labute approximate surface area is 112 Å². The summed E-state index contributed by atoms with van der Waals surface area (Å²) in [6, 6.07) is 0.620. The SMILES string of the molecule is CCC(CC)(CO)CN(CCO)C1CCCCC1. The first-order valence-electron chi connectivity index (χ1n) is 7.67. The standard InChI is InChI=1S/C15H31NO2/c1-3-15(4-2,13-18)12-16(10-11-17)14-8-6-5-7-9-14/h14,17-18H,3-13H2,1-2H3. The Morgan fingerprint density at radius 1 is 1.06 bits per heavy atom. The Bertz CT molecular complexity index is 202. The fourth-order valence-corrected chi connectivity index (χ4v) is 3.14. The van der Waals surface area contributed by atoms with Gasteiger partial charge in [0.15, 0.2) is 0 Å². The second-order valence-corrected chi connectivity index (χ2v) is 5.85. The van der Waals surface area contributed by atoms with Crippen LogP contribution in [0.2, 0.25) is 0 Å². The number of aliphatic hydroxyl groups is 2. The lowest BCUT2D eigenvalue weighted by atomic mass is 9.81. The van der Waals surface area contributed by atoms with Gasteiger partial charge in [-0.3, -0.25) is 4.90 Å². The monoisotopic (exact) mass is 257 g/mol. The zero-order chi connectivity index (χ0) is 13.4. The van der Waals surface area contributed by atoms with Gasteiger partial charge in [0.2, 0.25) is 0 Å². The van der Waals surface area contributed by atoms with Crippen LogP contribution in [0.25, 0.3) is 0 Å². The quantitative estimate of drug-likeness (QED) is 0.702. The number of aliphatic hydroxyl groups excluding tert-OH is 2. The third-order valence-corrected chi connectivity index (χ3v) is 4.85. The molecule has 0 aliphatic heterocycles. The van der Waals surface area contributed by atoms with Gasteiger partial charge in [-0.2, -0.15) is 0 Å². The molecule has 1 rings (SSSR count). The van der Waals surface area contributed by atoms with Crippen molar-refractivity contribution >= 4 is 0 Å². The molecule has 1 saturated carbocycles. The van der Waals surface area contributed by atoms with E-state index in [1.54, 1.807) is 0 Å². The molecule has 0 atom stereocenters. The zero-order valence-electron chi connectivity index (χ0n) is 12.2. The first kappa shape index (κ1) is 15.9. The lowest BCUT2D eigenvalue weighted by Gasteiger charge is -2.41. The molecule has 0 aromatic carbocycles. The normalized spacial score (nSPS) is 18.5. The van der Waals surface area contributed by atoms with Crippen LogP contribution in [-0.2, 0) is 0 Å². The van der Waals surface area contributed by atoms with Crippen molar-refractivity contribution in [3.8, 4) is 0 Å². The fourth-order valence-electron chi connectivity index (χ4n) is 3.14. The molecule has 0 aromatic heterocycles. The van der Waals surface area contributed by atoms with Crippen molar-refractivity contribution in [2.24, 2.45) is 5.41 Å². The fraction of sp³-hybridized carbons (Fsp3) is 1.00. The highest BCUT2D eigenvalue weighted by atomic mass is 16.3. The van der Waals surface area contributed by atoms with Crippen LogP contribution in [0.5, 0.6) is 0 Å². The van der Waals surface area contributed by atoms with E-state index < -0.39 is 0 Å². The molecule has 3 heteroatoms. The van der Waals surface area contributed by atoms with E-state index in [2.05, 4.69) is 18.7 Å². The molecule has 0 saturated heterocycles. The molecule has 0 unspecified atom stereocenters. The smallest absolute Gasteiger partial charge is 0.0558 e. The highest BCUT2D eigenvalue weighted by Crippen LogP contribution is 2.30. The van der Waals surface area contributed by atoms with E-state index in [9.17, 15) is 10.2 Å². The van der Waals surface area contributed by atoms with Crippen LogP contribution >= 0.6 is 0 Å². The lowest BCUT2D eigenvalue weighted by Crippen LogP contribution is -2.46. The Morgan fingerprint density at radius 3 is 2.11 bits per heavy atom. The molecule has 1 aliphatic carbocycles. The minimum absolute atomic E-state index is 0.0205. The second-order valence-electron chi connectivity index (χ2n) is 5.85. The molecule has 0 radical (unpaired) electrons. The Morgan fingerprint density at radius 2 is 1.67 bits per heavy atom. The summed E-state index contributed by atoms with van der Waals surface area (Å²) >= 11 is 0. The Balaban J connectivity index is 2.64. The third-order valence-electron chi connectivity index (χ3n) is 4.85. The molecule has 0 bridgehead atoms. The van der Waals surface area contributed by atoms with Crippen LogP contribution in [0.4, 0.5) is 0 Å². The number of rotatable bonds is 8. The van der Waals surface area contributed by atoms with Gasteiger partial charge in [0.05, 0.1) is 6.61 Å². The molecular weight excluding hydrogens is 226 g/mol. The molecule has 3 nitrogen and oxygen atoms in total. The van der Waals surface area contributed by atoms with E-state index in [1.807, 2.05) is 0 Å². The molecule has 1 fully saturated rings. The van der Waals surface area contributed by atoms with Crippen molar-refractivity contribution in [1.29, 1.82) is 0 Å². The Kier molecular flexibility index (Phi) is 7.20. The van der Waals surface area contributed by atoms with Gasteiger partial charge >= 0.3 is 0 Å². The van der Waals surface area contributed by atoms with Crippen molar-refractivity contribution in [2.75, 3.05) is 26.3 Å². The number of nitrogens with zero attached hydrogens (tertiary/aromatic N) is 1. The van der Waals surface area contributed by atoms with Crippen molar-refractivity contribution in [1.82, 2.24) is 4.90 Å². The summed E-state index contributed by atoms with van der Waals surface area (Å²) in [7, 11) is 0. The highest BCUT2D eigenvalue weighted by Gasteiger charge is 2.31. The number of hydrogen-bond acceptors (Lipinski definition) is 3. The van der Waals surface area contributed by atoms with Crippen LogP contribution < -0.4 is 0 Å². The third kappa shape index (κ3) is 4.22. The van der Waals surface area contributed by atoms with E-state index in [-0.39, 0.29) is 18.6 Å². The molecule has 0 amide bonds. The first-order chi connectivity index (χ1) is 8.71. The van der Waals surface area contributed by atoms with E-state index in [0.29, 0.717) is 6.04 Å². The van der Waals surface area contributed by atoms with Gasteiger partial charge in [0, 0.05) is 31.2 Å². The zero-order valence-corrected chi connectivity index (χ0v) is 12.2. The summed E-state index contributed by atoms with van der Waals surface area (Å²) < 4.78 is 0. The van der Waals surface area contributed by atoms with Crippen LogP contribution in [-0.4, -0.2) is 47.5 Å². The summed E-state index contributed by atoms with van der Waals surface area (Å²) in [6.07, 6.45) is 8.53. The molecule has 2 N–H and O–H groups in total. The predicted octanol–water partition coefficient (Wildman–Crippen LogP) is 2.41. The van der Waals surface area contributed by atoms with E-state index in [1.165, 1.54) is 32.1 Å². The topological polar surface area (TPSA) is 43.7 Å². The van der Waals surface area contributed by atoms with Crippen molar-refractivity contribution in [2.45, 2.75) is 64.8 Å². The van der Waals surface area contributed by atoms with Gasteiger partial charge < -0.3 is 10.2 Å². The van der Waals surface area contributed by atoms with E-state index in [0.717, 1.165) is 25.9 Å². The van der Waals surface area contributed by atoms with Gasteiger partial charge in [0.25, 0.3) is 0 Å². The summed E-state index contributed by atoms with van der Waals surface area (Å²) in [5.41, 5.74) is 0.0205. The summed E-state index contributed by atoms with van der Waals surface area (Å²) in [4.78, 5) is 2.43. The molecule has 0 aromatic rings. The van der Waals surface area contributed by atoms with Crippen molar-refractivity contribution in [3.63, 3.8) is 0 Å².